The molecule has 1 aromatic carbocycles. The molecule has 0 amide bonds. The van der Waals surface area contributed by atoms with E-state index in [4.69, 9.17) is 16.3 Å². The molecular formula is C19H24ClN3O4S. The highest BCUT2D eigenvalue weighted by atomic mass is 35.5. The lowest BCUT2D eigenvalue weighted by atomic mass is 9.89. The minimum atomic E-state index is -3.30. The van der Waals surface area contributed by atoms with Crippen LogP contribution in [-0.2, 0) is 20.4 Å². The van der Waals surface area contributed by atoms with E-state index < -0.39 is 15.6 Å². The number of aromatic nitrogens is 2. The van der Waals surface area contributed by atoms with Crippen LogP contribution in [0, 0.1) is 11.8 Å². The summed E-state index contributed by atoms with van der Waals surface area (Å²) in [6, 6.07) is 3.63. The molecule has 5 rings (SSSR count). The Labute approximate surface area is 169 Å². The molecule has 0 spiro atoms. The molecule has 0 bridgehead atoms. The van der Waals surface area contributed by atoms with Gasteiger partial charge in [0.1, 0.15) is 0 Å². The predicted molar refractivity (Wildman–Crippen MR) is 106 cm³/mol. The Morgan fingerprint density at radius 1 is 1.21 bits per heavy atom. The molecule has 2 aromatic rings. The zero-order valence-electron chi connectivity index (χ0n) is 15.5. The zero-order valence-corrected chi connectivity index (χ0v) is 17.0. The largest absolute Gasteiger partial charge is 0.385 e. The SMILES string of the molecule is O=S(=O)(C1CCOCC1)N1C[C@@H]2C[C@](O)(c3cc(Cl)cc4cn[nH]c34)C[C@@H]2C1. The Hall–Kier alpha value is -1.19. The number of benzene rings is 1. The van der Waals surface area contributed by atoms with Gasteiger partial charge in [-0.3, -0.25) is 5.10 Å². The number of fused-ring (bicyclic) bond motifs is 2. The summed E-state index contributed by atoms with van der Waals surface area (Å²) < 4.78 is 33.0. The molecule has 3 heterocycles. The summed E-state index contributed by atoms with van der Waals surface area (Å²) in [5.74, 6) is 0.299. The van der Waals surface area contributed by atoms with E-state index in [1.165, 1.54) is 0 Å². The Bertz CT molecular complexity index is 988. The van der Waals surface area contributed by atoms with Crippen LogP contribution < -0.4 is 0 Å². The molecule has 3 fully saturated rings. The first-order valence-corrected chi connectivity index (χ1v) is 11.7. The van der Waals surface area contributed by atoms with Gasteiger partial charge in [0.25, 0.3) is 0 Å². The van der Waals surface area contributed by atoms with E-state index in [9.17, 15) is 13.5 Å². The van der Waals surface area contributed by atoms with Crippen LogP contribution in [0.1, 0.15) is 31.2 Å². The van der Waals surface area contributed by atoms with E-state index in [2.05, 4.69) is 10.2 Å². The molecule has 0 radical (unpaired) electrons. The van der Waals surface area contributed by atoms with E-state index in [-0.39, 0.29) is 17.1 Å². The van der Waals surface area contributed by atoms with Crippen molar-refractivity contribution in [3.8, 4) is 0 Å². The number of hydrogen-bond acceptors (Lipinski definition) is 5. The average Bonchev–Trinajstić information content (AvgIpc) is 3.35. The molecule has 1 aliphatic carbocycles. The second kappa shape index (κ2) is 6.67. The number of aliphatic hydroxyl groups is 1. The van der Waals surface area contributed by atoms with Crippen LogP contribution in [-0.4, -0.2) is 59.6 Å². The lowest BCUT2D eigenvalue weighted by Crippen LogP contribution is -2.41. The van der Waals surface area contributed by atoms with E-state index >= 15 is 0 Å². The molecule has 3 aliphatic rings. The van der Waals surface area contributed by atoms with Gasteiger partial charge in [0, 0.05) is 42.3 Å². The third-order valence-electron chi connectivity index (χ3n) is 6.71. The van der Waals surface area contributed by atoms with Crippen molar-refractivity contribution < 1.29 is 18.3 Å². The first-order chi connectivity index (χ1) is 13.4. The van der Waals surface area contributed by atoms with Crippen LogP contribution >= 0.6 is 11.6 Å². The highest BCUT2D eigenvalue weighted by molar-refractivity contribution is 7.89. The number of aromatic amines is 1. The number of nitrogens with zero attached hydrogens (tertiary/aromatic N) is 2. The van der Waals surface area contributed by atoms with Crippen molar-refractivity contribution in [2.24, 2.45) is 11.8 Å². The van der Waals surface area contributed by atoms with Crippen LogP contribution in [0.25, 0.3) is 10.9 Å². The number of hydrogen-bond donors (Lipinski definition) is 2. The van der Waals surface area contributed by atoms with Crippen LogP contribution in [0.3, 0.4) is 0 Å². The van der Waals surface area contributed by atoms with E-state index in [1.54, 1.807) is 16.6 Å². The summed E-state index contributed by atoms with van der Waals surface area (Å²) in [4.78, 5) is 0. The third kappa shape index (κ3) is 2.97. The monoisotopic (exact) mass is 425 g/mol. The van der Waals surface area contributed by atoms with E-state index in [1.807, 2.05) is 6.07 Å². The number of sulfonamides is 1. The van der Waals surface area contributed by atoms with Gasteiger partial charge in [-0.15, -0.1) is 0 Å². The Morgan fingerprint density at radius 2 is 1.89 bits per heavy atom. The summed E-state index contributed by atoms with van der Waals surface area (Å²) in [5, 5.41) is 19.6. The summed E-state index contributed by atoms with van der Waals surface area (Å²) in [5.41, 5.74) is 0.554. The van der Waals surface area contributed by atoms with Crippen LogP contribution in [0.15, 0.2) is 18.3 Å². The second-order valence-corrected chi connectivity index (χ2v) is 11.1. The van der Waals surface area contributed by atoms with Crippen molar-refractivity contribution in [3.63, 3.8) is 0 Å². The fourth-order valence-corrected chi connectivity index (χ4v) is 7.54. The minimum Gasteiger partial charge on any atom is -0.385 e. The van der Waals surface area contributed by atoms with Gasteiger partial charge in [0.2, 0.25) is 10.0 Å². The van der Waals surface area contributed by atoms with Gasteiger partial charge in [0.05, 0.1) is 22.6 Å². The van der Waals surface area contributed by atoms with Crippen molar-refractivity contribution in [1.82, 2.24) is 14.5 Å². The maximum absolute atomic E-state index is 13.0. The molecule has 2 saturated heterocycles. The standard InChI is InChI=1S/C19H24ClN3O4S/c20-15-5-12-9-21-22-18(12)17(6-15)19(24)7-13-10-23(11-14(13)8-19)28(25,26)16-1-3-27-4-2-16/h5-6,9,13-14,16,24H,1-4,7-8,10-11H2,(H,21,22)/t13-,14+,19+. The normalized spacial score (nSPS) is 32.2. The van der Waals surface area contributed by atoms with Crippen molar-refractivity contribution in [3.05, 3.63) is 28.9 Å². The van der Waals surface area contributed by atoms with Crippen molar-refractivity contribution >= 4 is 32.5 Å². The highest BCUT2D eigenvalue weighted by Crippen LogP contribution is 2.51. The summed E-state index contributed by atoms with van der Waals surface area (Å²) in [7, 11) is -3.30. The number of halogens is 1. The highest BCUT2D eigenvalue weighted by Gasteiger charge is 2.52. The Balaban J connectivity index is 1.37. The van der Waals surface area contributed by atoms with Crippen LogP contribution in [0.5, 0.6) is 0 Å². The zero-order chi connectivity index (χ0) is 19.5. The van der Waals surface area contributed by atoms with Gasteiger partial charge in [0.15, 0.2) is 0 Å². The van der Waals surface area contributed by atoms with E-state index in [0.29, 0.717) is 57.0 Å². The quantitative estimate of drug-likeness (QED) is 0.786. The third-order valence-corrected chi connectivity index (χ3v) is 9.26. The second-order valence-electron chi connectivity index (χ2n) is 8.42. The van der Waals surface area contributed by atoms with Crippen molar-refractivity contribution in [1.29, 1.82) is 0 Å². The molecule has 2 N–H and O–H groups in total. The van der Waals surface area contributed by atoms with Crippen LogP contribution in [0.4, 0.5) is 0 Å². The van der Waals surface area contributed by atoms with Crippen LogP contribution in [0.2, 0.25) is 5.02 Å². The maximum Gasteiger partial charge on any atom is 0.217 e. The topological polar surface area (TPSA) is 95.5 Å². The first-order valence-electron chi connectivity index (χ1n) is 9.79. The number of ether oxygens (including phenoxy) is 1. The molecule has 7 nitrogen and oxygen atoms in total. The number of H-pyrrole nitrogens is 1. The Morgan fingerprint density at radius 3 is 2.57 bits per heavy atom. The molecule has 1 saturated carbocycles. The fourth-order valence-electron chi connectivity index (χ4n) is 5.31. The molecular weight excluding hydrogens is 402 g/mol. The van der Waals surface area contributed by atoms with Crippen molar-refractivity contribution in [2.75, 3.05) is 26.3 Å². The number of nitrogens with one attached hydrogen (secondary N) is 1. The summed E-state index contributed by atoms with van der Waals surface area (Å²) in [6.07, 6.45) is 3.90. The minimum absolute atomic E-state index is 0.150. The molecule has 1 aromatic heterocycles. The molecule has 0 unspecified atom stereocenters. The van der Waals surface area contributed by atoms with Gasteiger partial charge < -0.3 is 9.84 Å². The fraction of sp³-hybridized carbons (Fsp3) is 0.632. The molecule has 28 heavy (non-hydrogen) atoms. The van der Waals surface area contributed by atoms with E-state index in [0.717, 1.165) is 16.5 Å². The summed E-state index contributed by atoms with van der Waals surface area (Å²) >= 11 is 6.26. The molecule has 3 atom stereocenters. The number of rotatable bonds is 3. The smallest absolute Gasteiger partial charge is 0.217 e. The first kappa shape index (κ1) is 18.8. The van der Waals surface area contributed by atoms with Gasteiger partial charge in [-0.25, -0.2) is 12.7 Å². The molecule has 152 valence electrons. The maximum atomic E-state index is 13.0. The average molecular weight is 426 g/mol. The van der Waals surface area contributed by atoms with Gasteiger partial charge in [-0.2, -0.15) is 5.10 Å². The lowest BCUT2D eigenvalue weighted by molar-refractivity contribution is 0.0351. The summed E-state index contributed by atoms with van der Waals surface area (Å²) in [6.45, 7) is 2.00. The molecule has 9 heteroatoms. The predicted octanol–water partition coefficient (Wildman–Crippen LogP) is 2.25. The Kier molecular flexibility index (Phi) is 4.48. The van der Waals surface area contributed by atoms with Crippen molar-refractivity contribution in [2.45, 2.75) is 36.5 Å². The molecule has 2 aliphatic heterocycles. The van der Waals surface area contributed by atoms with Gasteiger partial charge >= 0.3 is 0 Å². The van der Waals surface area contributed by atoms with Gasteiger partial charge in [-0.05, 0) is 49.7 Å². The lowest BCUT2D eigenvalue weighted by Gasteiger charge is -2.29. The van der Waals surface area contributed by atoms with Gasteiger partial charge in [-0.1, -0.05) is 11.6 Å².